The Hall–Kier alpha value is -0.343. The van der Waals surface area contributed by atoms with Gasteiger partial charge < -0.3 is 18.9 Å². The number of methoxy groups -OCH3 is 2. The predicted octanol–water partition coefficient (Wildman–Crippen LogP) is -0.00661. The number of hydrogen-bond donors (Lipinski definition) is 0. The van der Waals surface area contributed by atoms with Crippen LogP contribution in [0.15, 0.2) is 24.3 Å². The molecule has 0 aromatic heterocycles. The van der Waals surface area contributed by atoms with Crippen molar-refractivity contribution in [2.45, 2.75) is 63.8 Å². The molecule has 1 heterocycles. The smallest absolute Gasteiger partial charge is 0.376 e. The van der Waals surface area contributed by atoms with Gasteiger partial charge in [0.05, 0.1) is 11.2 Å². The molecule has 1 aliphatic heterocycles. The van der Waals surface area contributed by atoms with E-state index in [4.69, 9.17) is 18.9 Å². The fraction of sp³-hybridized carbons (Fsp3) is 0.667. The third-order valence-electron chi connectivity index (χ3n) is 4.45. The van der Waals surface area contributed by atoms with Crippen molar-refractivity contribution >= 4 is 0 Å². The first-order valence-electron chi connectivity index (χ1n) is 7.67. The Morgan fingerprint density at radius 3 is 1.91 bits per heavy atom. The van der Waals surface area contributed by atoms with Crippen LogP contribution >= 0.6 is 0 Å². The molecule has 23 heavy (non-hydrogen) atoms. The largest absolute Gasteiger partial charge is 1.00 e. The van der Waals surface area contributed by atoms with E-state index in [1.807, 2.05) is 52.0 Å². The molecule has 1 saturated heterocycles. The summed E-state index contributed by atoms with van der Waals surface area (Å²) in [6, 6.07) is 11.1. The van der Waals surface area contributed by atoms with E-state index < -0.39 is 11.2 Å². The third kappa shape index (κ3) is 4.82. The molecule has 0 aliphatic carbocycles. The molecule has 0 spiro atoms. The minimum Gasteiger partial charge on any atom is -0.376 e. The van der Waals surface area contributed by atoms with E-state index in [0.29, 0.717) is 6.42 Å². The Morgan fingerprint density at radius 2 is 1.52 bits per heavy atom. The maximum Gasteiger partial charge on any atom is 1.00 e. The van der Waals surface area contributed by atoms with Crippen LogP contribution in [0.2, 0.25) is 0 Å². The minimum absolute atomic E-state index is 0. The Labute approximate surface area is 152 Å². The van der Waals surface area contributed by atoms with Crippen molar-refractivity contribution in [1.82, 2.24) is 0 Å². The van der Waals surface area contributed by atoms with E-state index >= 15 is 0 Å². The summed E-state index contributed by atoms with van der Waals surface area (Å²) in [7, 11) is 3.39. The molecule has 0 bridgehead atoms. The molecule has 124 valence electrons. The number of rotatable bonds is 6. The van der Waals surface area contributed by atoms with Gasteiger partial charge in [-0.05, 0) is 27.7 Å². The van der Waals surface area contributed by atoms with Crippen LogP contribution in [0.5, 0.6) is 0 Å². The van der Waals surface area contributed by atoms with Gasteiger partial charge in [0.15, 0.2) is 6.29 Å². The summed E-state index contributed by atoms with van der Waals surface area (Å²) in [4.78, 5) is 0. The van der Waals surface area contributed by atoms with E-state index in [2.05, 4.69) is 6.07 Å². The van der Waals surface area contributed by atoms with Crippen molar-refractivity contribution in [3.8, 4) is 0 Å². The van der Waals surface area contributed by atoms with Crippen molar-refractivity contribution in [2.75, 3.05) is 14.2 Å². The molecule has 2 atom stereocenters. The van der Waals surface area contributed by atoms with Gasteiger partial charge in [-0.25, -0.2) is 0 Å². The average Bonchev–Trinajstić information content (AvgIpc) is 2.94. The molecule has 1 fully saturated rings. The maximum atomic E-state index is 6.17. The second-order valence-corrected chi connectivity index (χ2v) is 6.75. The predicted molar refractivity (Wildman–Crippen MR) is 84.7 cm³/mol. The second kappa shape index (κ2) is 8.16. The molecule has 0 saturated carbocycles. The third-order valence-corrected chi connectivity index (χ3v) is 4.45. The van der Waals surface area contributed by atoms with E-state index in [0.717, 1.165) is 5.56 Å². The van der Waals surface area contributed by atoms with Crippen LogP contribution in [0.1, 0.15) is 33.3 Å². The zero-order chi connectivity index (χ0) is 16.4. The summed E-state index contributed by atoms with van der Waals surface area (Å²) in [5, 5.41) is 0. The van der Waals surface area contributed by atoms with Gasteiger partial charge in [-0.1, -0.05) is 0 Å². The maximum absolute atomic E-state index is 6.17. The normalized spacial score (nSPS) is 22.9. The fourth-order valence-corrected chi connectivity index (χ4v) is 2.62. The average molecular weight is 314 g/mol. The van der Waals surface area contributed by atoms with E-state index in [1.54, 1.807) is 14.2 Å². The summed E-state index contributed by atoms with van der Waals surface area (Å²) in [6.45, 7) is 8.04. The standard InChI is InChI=1S/C18H27O4.Li/c1-17(2,19-5)15-16(18(3,4)20-6)22-14(21-15)12-13-10-8-7-9-11-13;/h7-10,14-16H,12H2,1-6H3;/q-1;+1/t15-,16-;/m1./s1. The molecule has 0 amide bonds. The Morgan fingerprint density at radius 1 is 1.00 bits per heavy atom. The Kier molecular flexibility index (Phi) is 7.34. The zero-order valence-electron chi connectivity index (χ0n) is 15.4. The summed E-state index contributed by atoms with van der Waals surface area (Å²) in [5.74, 6) is 0. The fourth-order valence-electron chi connectivity index (χ4n) is 2.62. The molecule has 1 aromatic carbocycles. The molecule has 0 radical (unpaired) electrons. The molecule has 1 aromatic rings. The van der Waals surface area contributed by atoms with Crippen LogP contribution in [0.3, 0.4) is 0 Å². The van der Waals surface area contributed by atoms with Gasteiger partial charge in [0, 0.05) is 20.6 Å². The van der Waals surface area contributed by atoms with Crippen LogP contribution in [0.25, 0.3) is 0 Å². The van der Waals surface area contributed by atoms with Gasteiger partial charge in [0.2, 0.25) is 0 Å². The molecule has 0 unspecified atom stereocenters. The van der Waals surface area contributed by atoms with Crippen molar-refractivity contribution < 1.29 is 37.8 Å². The second-order valence-electron chi connectivity index (χ2n) is 6.75. The zero-order valence-corrected chi connectivity index (χ0v) is 15.4. The molecule has 4 nitrogen and oxygen atoms in total. The van der Waals surface area contributed by atoms with Gasteiger partial charge in [0.1, 0.15) is 12.2 Å². The van der Waals surface area contributed by atoms with Crippen LogP contribution < -0.4 is 18.9 Å². The SMILES string of the molecule is COC(C)(C)[C@@H]1OC(Cc2[c-]cccc2)O[C@H]1C(C)(C)OC.[Li+]. The van der Waals surface area contributed by atoms with Crippen molar-refractivity contribution in [3.05, 3.63) is 35.9 Å². The molecule has 0 N–H and O–H groups in total. The number of ether oxygens (including phenoxy) is 4. The quantitative estimate of drug-likeness (QED) is 0.547. The van der Waals surface area contributed by atoms with Crippen LogP contribution in [-0.2, 0) is 25.4 Å². The molecular formula is C18H27LiO4. The van der Waals surface area contributed by atoms with Crippen LogP contribution in [0, 0.1) is 6.07 Å². The Balaban J connectivity index is 0.00000264. The Bertz CT molecular complexity index is 451. The van der Waals surface area contributed by atoms with Crippen molar-refractivity contribution in [2.24, 2.45) is 0 Å². The summed E-state index contributed by atoms with van der Waals surface area (Å²) >= 11 is 0. The first-order chi connectivity index (χ1) is 10.3. The summed E-state index contributed by atoms with van der Waals surface area (Å²) in [6.07, 6.45) is -0.0761. The topological polar surface area (TPSA) is 36.9 Å². The van der Waals surface area contributed by atoms with E-state index in [-0.39, 0.29) is 37.4 Å². The number of benzene rings is 1. The molecule has 1 aliphatic rings. The first-order valence-corrected chi connectivity index (χ1v) is 7.67. The molecule has 5 heteroatoms. The first kappa shape index (κ1) is 20.7. The van der Waals surface area contributed by atoms with Gasteiger partial charge >= 0.3 is 18.9 Å². The molecule has 2 rings (SSSR count). The summed E-state index contributed by atoms with van der Waals surface area (Å²) < 4.78 is 23.6. The minimum atomic E-state index is -0.463. The number of hydrogen-bond acceptors (Lipinski definition) is 4. The van der Waals surface area contributed by atoms with Crippen LogP contribution in [0.4, 0.5) is 0 Å². The van der Waals surface area contributed by atoms with E-state index in [9.17, 15) is 0 Å². The van der Waals surface area contributed by atoms with Crippen LogP contribution in [-0.4, -0.2) is 43.9 Å². The van der Waals surface area contributed by atoms with Gasteiger partial charge in [-0.15, -0.1) is 0 Å². The van der Waals surface area contributed by atoms with Crippen molar-refractivity contribution in [3.63, 3.8) is 0 Å². The van der Waals surface area contributed by atoms with Crippen molar-refractivity contribution in [1.29, 1.82) is 0 Å². The van der Waals surface area contributed by atoms with Gasteiger partial charge in [-0.2, -0.15) is 35.9 Å². The monoisotopic (exact) mass is 314 g/mol. The van der Waals surface area contributed by atoms with E-state index in [1.165, 1.54) is 0 Å². The molecular weight excluding hydrogens is 287 g/mol. The van der Waals surface area contributed by atoms with Gasteiger partial charge in [0.25, 0.3) is 0 Å². The van der Waals surface area contributed by atoms with Gasteiger partial charge in [-0.3, -0.25) is 0 Å². The summed E-state index contributed by atoms with van der Waals surface area (Å²) in [5.41, 5.74) is 0.142.